The minimum atomic E-state index is -0.923. The van der Waals surface area contributed by atoms with Crippen LogP contribution in [0.4, 0.5) is 8.78 Å². The predicted molar refractivity (Wildman–Crippen MR) is 137 cm³/mol. The number of nitrogens with one attached hydrogen (secondary N) is 1. The number of hydrogen-bond donors (Lipinski definition) is 1. The monoisotopic (exact) mass is 521 g/mol. The zero-order valence-corrected chi connectivity index (χ0v) is 21.7. The third-order valence-electron chi connectivity index (χ3n) is 6.73. The van der Waals surface area contributed by atoms with E-state index in [2.05, 4.69) is 10.3 Å². The van der Waals surface area contributed by atoms with E-state index < -0.39 is 23.0 Å². The number of fused-ring (bicyclic) bond motifs is 1. The molecule has 5 rings (SSSR count). The molecule has 1 aliphatic rings. The molecule has 0 saturated carbocycles. The van der Waals surface area contributed by atoms with Gasteiger partial charge in [-0.05, 0) is 57.5 Å². The topological polar surface area (TPSA) is 74.1 Å². The van der Waals surface area contributed by atoms with Crippen LogP contribution in [0.2, 0.25) is 0 Å². The minimum absolute atomic E-state index is 0.184. The molecule has 1 amide bonds. The van der Waals surface area contributed by atoms with Crippen LogP contribution in [0.15, 0.2) is 60.8 Å². The molecule has 38 heavy (non-hydrogen) atoms. The van der Waals surface area contributed by atoms with Crippen LogP contribution in [-0.4, -0.2) is 34.3 Å². The Morgan fingerprint density at radius 1 is 1.03 bits per heavy atom. The highest BCUT2D eigenvalue weighted by Crippen LogP contribution is 2.32. The smallest absolute Gasteiger partial charge is 0.271 e. The number of nitrogens with zero attached hydrogens (tertiary/aromatic N) is 2. The van der Waals surface area contributed by atoms with Gasteiger partial charge in [-0.1, -0.05) is 35.9 Å². The highest BCUT2D eigenvalue weighted by atomic mass is 19.1. The second kappa shape index (κ2) is 9.81. The molecule has 0 bridgehead atoms. The maximum absolute atomic E-state index is 14.1. The third-order valence-corrected chi connectivity index (χ3v) is 6.73. The zero-order chi connectivity index (χ0) is 27.1. The first kappa shape index (κ1) is 25.8. The lowest BCUT2D eigenvalue weighted by atomic mass is 9.89. The van der Waals surface area contributed by atoms with Gasteiger partial charge in [0.15, 0.2) is 17.2 Å². The highest BCUT2D eigenvalue weighted by molar-refractivity contribution is 5.95. The molecule has 0 radical (unpaired) electrons. The third kappa shape index (κ3) is 4.87. The van der Waals surface area contributed by atoms with E-state index in [0.717, 1.165) is 11.1 Å². The lowest BCUT2D eigenvalue weighted by molar-refractivity contribution is -0.272. The van der Waals surface area contributed by atoms with E-state index in [1.807, 2.05) is 45.0 Å². The number of hydrogen-bond acceptors (Lipinski definition) is 5. The van der Waals surface area contributed by atoms with Crippen LogP contribution in [0.5, 0.6) is 5.75 Å². The number of aryl methyl sites for hydroxylation is 2. The number of halogens is 2. The van der Waals surface area contributed by atoms with Gasteiger partial charge in [-0.25, -0.2) is 13.8 Å². The van der Waals surface area contributed by atoms with E-state index in [1.54, 1.807) is 29.7 Å². The second-order valence-corrected chi connectivity index (χ2v) is 9.98. The number of ether oxygens (including phenoxy) is 3. The molecule has 0 spiro atoms. The maximum atomic E-state index is 14.1. The number of aromatic nitrogens is 2. The Balaban J connectivity index is 1.46. The summed E-state index contributed by atoms with van der Waals surface area (Å²) in [6, 6.07) is 14.8. The molecule has 0 unspecified atom stereocenters. The van der Waals surface area contributed by atoms with Crippen molar-refractivity contribution in [3.05, 3.63) is 101 Å². The number of carbonyl (C=O) groups is 1. The van der Waals surface area contributed by atoms with Gasteiger partial charge < -0.3 is 19.5 Å². The lowest BCUT2D eigenvalue weighted by Crippen LogP contribution is -2.58. The maximum Gasteiger partial charge on any atom is 0.271 e. The molecule has 1 aliphatic heterocycles. The molecule has 2 aromatic heterocycles. The van der Waals surface area contributed by atoms with Crippen LogP contribution in [0.3, 0.4) is 0 Å². The summed E-state index contributed by atoms with van der Waals surface area (Å²) in [4.78, 5) is 18.3. The standard InChI is InChI=1S/C29H29F2N3O4/c1-18-10-12-20(13-11-18)29(16-37-28(3,4)38-17-29)33-27(35)25-19(2)32-26-24(9-6-14-34(25)26)36-15-21-22(30)7-5-8-23(21)31/h5-14H,15-17H2,1-4H3,(H,33,35). The molecule has 9 heteroatoms. The summed E-state index contributed by atoms with van der Waals surface area (Å²) >= 11 is 0. The van der Waals surface area contributed by atoms with Gasteiger partial charge in [-0.15, -0.1) is 0 Å². The predicted octanol–water partition coefficient (Wildman–Crippen LogP) is 5.22. The Bertz CT molecular complexity index is 1470. The van der Waals surface area contributed by atoms with Crippen LogP contribution >= 0.6 is 0 Å². The zero-order valence-electron chi connectivity index (χ0n) is 21.7. The van der Waals surface area contributed by atoms with E-state index in [-0.39, 0.29) is 37.0 Å². The van der Waals surface area contributed by atoms with Crippen LogP contribution in [0.25, 0.3) is 5.65 Å². The van der Waals surface area contributed by atoms with Gasteiger partial charge in [-0.3, -0.25) is 9.20 Å². The second-order valence-electron chi connectivity index (χ2n) is 9.98. The van der Waals surface area contributed by atoms with Crippen molar-refractivity contribution in [1.82, 2.24) is 14.7 Å². The average Bonchev–Trinajstić information content (AvgIpc) is 3.22. The first-order valence-electron chi connectivity index (χ1n) is 12.3. The molecule has 1 fully saturated rings. The summed E-state index contributed by atoms with van der Waals surface area (Å²) in [5.41, 5.74) is 1.96. The van der Waals surface area contributed by atoms with Crippen molar-refractivity contribution < 1.29 is 27.8 Å². The van der Waals surface area contributed by atoms with Crippen molar-refractivity contribution in [1.29, 1.82) is 0 Å². The van der Waals surface area contributed by atoms with Gasteiger partial charge in [-0.2, -0.15) is 0 Å². The van der Waals surface area contributed by atoms with Crippen molar-refractivity contribution in [2.75, 3.05) is 13.2 Å². The Labute approximate surface area is 219 Å². The normalized spacial score (nSPS) is 16.4. The van der Waals surface area contributed by atoms with E-state index >= 15 is 0 Å². The number of rotatable bonds is 6. The molecule has 1 saturated heterocycles. The molecule has 198 valence electrons. The number of imidazole rings is 1. The Morgan fingerprint density at radius 2 is 1.68 bits per heavy atom. The summed E-state index contributed by atoms with van der Waals surface area (Å²) in [7, 11) is 0. The number of carbonyl (C=O) groups excluding carboxylic acids is 1. The first-order chi connectivity index (χ1) is 18.1. The van der Waals surface area contributed by atoms with Crippen LogP contribution in [0.1, 0.15) is 46.7 Å². The summed E-state index contributed by atoms with van der Waals surface area (Å²) in [5.74, 6) is -2.25. The van der Waals surface area contributed by atoms with E-state index in [9.17, 15) is 13.6 Å². The average molecular weight is 522 g/mol. The number of benzene rings is 2. The van der Waals surface area contributed by atoms with Gasteiger partial charge in [0, 0.05) is 6.20 Å². The van der Waals surface area contributed by atoms with Crippen molar-refractivity contribution in [3.8, 4) is 5.75 Å². The molecule has 0 atom stereocenters. The SMILES string of the molecule is Cc1ccc(C2(NC(=O)c3c(C)nc4c(OCc5c(F)cccc5F)cccn34)COC(C)(C)OC2)cc1. The fraction of sp³-hybridized carbons (Fsp3) is 0.310. The number of pyridine rings is 1. The lowest BCUT2D eigenvalue weighted by Gasteiger charge is -2.44. The Morgan fingerprint density at radius 3 is 2.34 bits per heavy atom. The quantitative estimate of drug-likeness (QED) is 0.377. The summed E-state index contributed by atoms with van der Waals surface area (Å²) in [6.07, 6.45) is 1.69. The molecular formula is C29H29F2N3O4. The van der Waals surface area contributed by atoms with Crippen molar-refractivity contribution in [3.63, 3.8) is 0 Å². The fourth-order valence-corrected chi connectivity index (χ4v) is 4.50. The molecule has 2 aromatic carbocycles. The Hall–Kier alpha value is -3.82. The first-order valence-corrected chi connectivity index (χ1v) is 12.3. The van der Waals surface area contributed by atoms with Crippen LogP contribution in [-0.2, 0) is 21.6 Å². The van der Waals surface area contributed by atoms with Gasteiger partial charge in [0.05, 0.1) is 24.5 Å². The van der Waals surface area contributed by atoms with E-state index in [4.69, 9.17) is 14.2 Å². The molecule has 7 nitrogen and oxygen atoms in total. The van der Waals surface area contributed by atoms with Crippen LogP contribution < -0.4 is 10.1 Å². The van der Waals surface area contributed by atoms with Crippen molar-refractivity contribution in [2.45, 2.75) is 45.6 Å². The van der Waals surface area contributed by atoms with Gasteiger partial charge in [0.2, 0.25) is 0 Å². The van der Waals surface area contributed by atoms with Crippen molar-refractivity contribution in [2.24, 2.45) is 0 Å². The molecule has 0 aliphatic carbocycles. The van der Waals surface area contributed by atoms with Crippen LogP contribution in [0, 0.1) is 25.5 Å². The minimum Gasteiger partial charge on any atom is -0.485 e. The molecule has 3 heterocycles. The van der Waals surface area contributed by atoms with E-state index in [1.165, 1.54) is 18.2 Å². The fourth-order valence-electron chi connectivity index (χ4n) is 4.50. The van der Waals surface area contributed by atoms with Gasteiger partial charge >= 0.3 is 0 Å². The molecular weight excluding hydrogens is 492 g/mol. The Kier molecular flexibility index (Phi) is 6.66. The summed E-state index contributed by atoms with van der Waals surface area (Å²) < 4.78 is 47.5. The number of amides is 1. The summed E-state index contributed by atoms with van der Waals surface area (Å²) in [6.45, 7) is 7.48. The highest BCUT2D eigenvalue weighted by Gasteiger charge is 2.43. The van der Waals surface area contributed by atoms with E-state index in [0.29, 0.717) is 17.0 Å². The summed E-state index contributed by atoms with van der Waals surface area (Å²) in [5, 5.41) is 3.14. The van der Waals surface area contributed by atoms with Crippen molar-refractivity contribution >= 4 is 11.6 Å². The largest absolute Gasteiger partial charge is 0.485 e. The molecule has 1 N–H and O–H groups in total. The van der Waals surface area contributed by atoms with Gasteiger partial charge in [0.25, 0.3) is 5.91 Å². The van der Waals surface area contributed by atoms with Gasteiger partial charge in [0.1, 0.15) is 29.5 Å². The molecule has 4 aromatic rings.